The summed E-state index contributed by atoms with van der Waals surface area (Å²) in [7, 11) is 0. The predicted molar refractivity (Wildman–Crippen MR) is 98.1 cm³/mol. The maximum absolute atomic E-state index is 12.2. The fraction of sp³-hybridized carbons (Fsp3) is 0.550. The number of amides is 1. The van der Waals surface area contributed by atoms with E-state index in [-0.39, 0.29) is 18.3 Å². The molecule has 0 saturated heterocycles. The first kappa shape index (κ1) is 20.7. The molecular weight excluding hydrogens is 350 g/mol. The van der Waals surface area contributed by atoms with E-state index >= 15 is 0 Å². The van der Waals surface area contributed by atoms with Crippen LogP contribution in [0.5, 0.6) is 0 Å². The lowest BCUT2D eigenvalue weighted by atomic mass is 9.75. The van der Waals surface area contributed by atoms with Crippen molar-refractivity contribution in [2.75, 3.05) is 6.54 Å². The number of carboxylic acid groups (broad SMARTS) is 1. The van der Waals surface area contributed by atoms with Crippen LogP contribution in [0.25, 0.3) is 0 Å². The van der Waals surface area contributed by atoms with Crippen LogP contribution in [-0.4, -0.2) is 41.4 Å². The zero-order chi connectivity index (χ0) is 20.0. The van der Waals surface area contributed by atoms with Crippen LogP contribution in [0.15, 0.2) is 30.3 Å². The molecule has 0 bridgehead atoms. The molecule has 2 rings (SSSR count). The molecule has 1 amide bonds. The van der Waals surface area contributed by atoms with Crippen molar-refractivity contribution in [1.82, 2.24) is 5.32 Å². The summed E-state index contributed by atoms with van der Waals surface area (Å²) in [5.41, 5.74) is 0.242. The molecule has 0 radical (unpaired) electrons. The van der Waals surface area contributed by atoms with Crippen molar-refractivity contribution in [3.8, 4) is 0 Å². The summed E-state index contributed by atoms with van der Waals surface area (Å²) in [6.45, 7) is 5.79. The molecular formula is C20H27NO6. The van der Waals surface area contributed by atoms with Crippen molar-refractivity contribution in [3.05, 3.63) is 35.9 Å². The zero-order valence-electron chi connectivity index (χ0n) is 15.9. The molecule has 7 nitrogen and oxygen atoms in total. The Morgan fingerprint density at radius 3 is 2.37 bits per heavy atom. The summed E-state index contributed by atoms with van der Waals surface area (Å²) in [6.07, 6.45) is -0.419. The molecule has 1 aliphatic carbocycles. The van der Waals surface area contributed by atoms with Crippen molar-refractivity contribution in [2.45, 2.75) is 51.7 Å². The zero-order valence-corrected chi connectivity index (χ0v) is 15.9. The molecule has 0 aliphatic heterocycles. The third-order valence-corrected chi connectivity index (χ3v) is 4.30. The second-order valence-corrected chi connectivity index (χ2v) is 7.87. The second-order valence-electron chi connectivity index (χ2n) is 7.87. The van der Waals surface area contributed by atoms with Gasteiger partial charge in [-0.05, 0) is 45.1 Å². The van der Waals surface area contributed by atoms with E-state index in [0.717, 1.165) is 5.56 Å². The highest BCUT2D eigenvalue weighted by Gasteiger charge is 2.37. The molecule has 0 heterocycles. The first-order chi connectivity index (χ1) is 12.6. The number of nitrogens with one attached hydrogen (secondary N) is 1. The number of esters is 1. The van der Waals surface area contributed by atoms with E-state index in [2.05, 4.69) is 5.32 Å². The van der Waals surface area contributed by atoms with Crippen LogP contribution in [0.4, 0.5) is 4.79 Å². The van der Waals surface area contributed by atoms with E-state index in [4.69, 9.17) is 9.47 Å². The number of hydrogen-bond donors (Lipinski definition) is 2. The normalized spacial score (nSPS) is 20.1. The molecule has 0 spiro atoms. The molecule has 1 atom stereocenters. The summed E-state index contributed by atoms with van der Waals surface area (Å²) < 4.78 is 10.4. The SMILES string of the molecule is CC(C)(C)OC(=O)NCC1CC(C(=O)OC(Cc2ccccc2)C(=O)O)C1. The van der Waals surface area contributed by atoms with E-state index in [1.807, 2.05) is 18.2 Å². The highest BCUT2D eigenvalue weighted by molar-refractivity contribution is 5.80. The Hall–Kier alpha value is -2.57. The molecule has 1 unspecified atom stereocenters. The number of carbonyl (C=O) groups is 3. The largest absolute Gasteiger partial charge is 0.478 e. The standard InChI is InChI=1S/C20H27NO6/c1-20(2,3)27-19(25)21-12-14-9-15(10-14)18(24)26-16(17(22)23)11-13-7-5-4-6-8-13/h4-8,14-16H,9-12H2,1-3H3,(H,21,25)(H,22,23). The number of hydrogen-bond acceptors (Lipinski definition) is 5. The van der Waals surface area contributed by atoms with Gasteiger partial charge < -0.3 is 19.9 Å². The molecule has 1 saturated carbocycles. The van der Waals surface area contributed by atoms with Gasteiger partial charge in [0.2, 0.25) is 6.10 Å². The lowest BCUT2D eigenvalue weighted by Gasteiger charge is -2.34. The van der Waals surface area contributed by atoms with Crippen LogP contribution in [-0.2, 0) is 25.5 Å². The van der Waals surface area contributed by atoms with E-state index in [1.165, 1.54) is 0 Å². The molecule has 1 aromatic rings. The van der Waals surface area contributed by atoms with Crippen LogP contribution < -0.4 is 5.32 Å². The minimum absolute atomic E-state index is 0.137. The van der Waals surface area contributed by atoms with Crippen LogP contribution in [0.2, 0.25) is 0 Å². The van der Waals surface area contributed by atoms with E-state index < -0.39 is 29.7 Å². The van der Waals surface area contributed by atoms with Gasteiger partial charge in [0.1, 0.15) is 5.60 Å². The maximum atomic E-state index is 12.2. The van der Waals surface area contributed by atoms with Gasteiger partial charge in [-0.25, -0.2) is 9.59 Å². The third-order valence-electron chi connectivity index (χ3n) is 4.30. The van der Waals surface area contributed by atoms with Gasteiger partial charge in [0.05, 0.1) is 5.92 Å². The summed E-state index contributed by atoms with van der Waals surface area (Å²) in [5, 5.41) is 12.0. The van der Waals surface area contributed by atoms with Crippen molar-refractivity contribution < 1.29 is 29.0 Å². The molecule has 1 aliphatic rings. The van der Waals surface area contributed by atoms with Gasteiger partial charge >= 0.3 is 18.0 Å². The molecule has 1 fully saturated rings. The molecule has 0 aromatic heterocycles. The maximum Gasteiger partial charge on any atom is 0.407 e. The third kappa shape index (κ3) is 6.92. The number of alkyl carbamates (subject to hydrolysis) is 1. The minimum Gasteiger partial charge on any atom is -0.478 e. The Balaban J connectivity index is 1.74. The quantitative estimate of drug-likeness (QED) is 0.709. The van der Waals surface area contributed by atoms with E-state index in [1.54, 1.807) is 32.9 Å². The second kappa shape index (κ2) is 8.88. The highest BCUT2D eigenvalue weighted by Crippen LogP contribution is 2.34. The molecule has 148 valence electrons. The van der Waals surface area contributed by atoms with Gasteiger partial charge in [0, 0.05) is 13.0 Å². The van der Waals surface area contributed by atoms with Crippen LogP contribution in [0.1, 0.15) is 39.2 Å². The fourth-order valence-corrected chi connectivity index (χ4v) is 2.88. The van der Waals surface area contributed by atoms with Gasteiger partial charge in [-0.15, -0.1) is 0 Å². The Bertz CT molecular complexity index is 661. The smallest absolute Gasteiger partial charge is 0.407 e. The van der Waals surface area contributed by atoms with Crippen molar-refractivity contribution in [2.24, 2.45) is 11.8 Å². The molecule has 7 heteroatoms. The Kier molecular flexibility index (Phi) is 6.82. The summed E-state index contributed by atoms with van der Waals surface area (Å²) in [4.78, 5) is 35.2. The average Bonchev–Trinajstić information content (AvgIpc) is 2.51. The van der Waals surface area contributed by atoms with Crippen molar-refractivity contribution in [1.29, 1.82) is 0 Å². The van der Waals surface area contributed by atoms with E-state index in [0.29, 0.717) is 19.4 Å². The van der Waals surface area contributed by atoms with Gasteiger partial charge in [0.15, 0.2) is 0 Å². The van der Waals surface area contributed by atoms with Crippen LogP contribution >= 0.6 is 0 Å². The fourth-order valence-electron chi connectivity index (χ4n) is 2.88. The van der Waals surface area contributed by atoms with E-state index in [9.17, 15) is 19.5 Å². The lowest BCUT2D eigenvalue weighted by molar-refractivity contribution is -0.170. The topological polar surface area (TPSA) is 102 Å². The summed E-state index contributed by atoms with van der Waals surface area (Å²) in [6, 6.07) is 9.05. The van der Waals surface area contributed by atoms with Gasteiger partial charge in [0.25, 0.3) is 0 Å². The number of aliphatic carboxylic acids is 1. The molecule has 2 N–H and O–H groups in total. The number of carboxylic acids is 1. The number of ether oxygens (including phenoxy) is 2. The minimum atomic E-state index is -1.20. The number of rotatable bonds is 7. The first-order valence-electron chi connectivity index (χ1n) is 9.08. The molecule has 1 aromatic carbocycles. The molecule has 27 heavy (non-hydrogen) atoms. The van der Waals surface area contributed by atoms with Crippen molar-refractivity contribution >= 4 is 18.0 Å². The number of carbonyl (C=O) groups excluding carboxylic acids is 2. The Morgan fingerprint density at radius 1 is 1.19 bits per heavy atom. The first-order valence-corrected chi connectivity index (χ1v) is 9.08. The van der Waals surface area contributed by atoms with Crippen molar-refractivity contribution in [3.63, 3.8) is 0 Å². The Labute approximate surface area is 159 Å². The Morgan fingerprint density at radius 2 is 1.81 bits per heavy atom. The van der Waals surface area contributed by atoms with Crippen LogP contribution in [0, 0.1) is 11.8 Å². The summed E-state index contributed by atoms with van der Waals surface area (Å²) in [5.74, 6) is -1.82. The average molecular weight is 377 g/mol. The lowest BCUT2D eigenvalue weighted by Crippen LogP contribution is -2.42. The number of benzene rings is 1. The van der Waals surface area contributed by atoms with Gasteiger partial charge in [-0.1, -0.05) is 30.3 Å². The highest BCUT2D eigenvalue weighted by atomic mass is 16.6. The van der Waals surface area contributed by atoms with Crippen LogP contribution in [0.3, 0.4) is 0 Å². The monoisotopic (exact) mass is 377 g/mol. The summed E-state index contributed by atoms with van der Waals surface area (Å²) >= 11 is 0. The predicted octanol–water partition coefficient (Wildman–Crippen LogP) is 2.78. The van der Waals surface area contributed by atoms with Gasteiger partial charge in [-0.3, -0.25) is 4.79 Å². The van der Waals surface area contributed by atoms with Gasteiger partial charge in [-0.2, -0.15) is 0 Å².